The second kappa shape index (κ2) is 8.14. The lowest BCUT2D eigenvalue weighted by molar-refractivity contribution is 0.236. The van der Waals surface area contributed by atoms with Crippen LogP contribution >= 0.6 is 0 Å². The predicted molar refractivity (Wildman–Crippen MR) is 94.8 cm³/mol. The summed E-state index contributed by atoms with van der Waals surface area (Å²) < 4.78 is 3.80. The summed E-state index contributed by atoms with van der Waals surface area (Å²) >= 11 is 0. The van der Waals surface area contributed by atoms with Crippen LogP contribution < -0.4 is 10.6 Å². The molecule has 3 aromatic rings. The van der Waals surface area contributed by atoms with E-state index in [2.05, 4.69) is 26.8 Å². The Labute approximate surface area is 146 Å². The van der Waals surface area contributed by atoms with E-state index in [9.17, 15) is 4.79 Å². The summed E-state index contributed by atoms with van der Waals surface area (Å²) in [6.45, 7) is 3.80. The van der Waals surface area contributed by atoms with Gasteiger partial charge in [0.2, 0.25) is 0 Å². The standard InChI is InChI=1S/C18H22N6O/c1-15(12-23-10-8-19-14-23)22-18(25)20-11-16-5-2-3-6-17(16)13-24-9-4-7-21-24/h2-10,14-15H,11-13H2,1H3,(H2,20,22,25). The van der Waals surface area contributed by atoms with Crippen LogP contribution in [0.4, 0.5) is 4.79 Å². The number of aromatic nitrogens is 4. The molecule has 2 amide bonds. The largest absolute Gasteiger partial charge is 0.335 e. The molecule has 0 fully saturated rings. The maximum absolute atomic E-state index is 12.1. The second-order valence-corrected chi connectivity index (χ2v) is 5.96. The maximum Gasteiger partial charge on any atom is 0.315 e. The Balaban J connectivity index is 1.51. The summed E-state index contributed by atoms with van der Waals surface area (Å²) in [6.07, 6.45) is 9.03. The van der Waals surface area contributed by atoms with E-state index in [4.69, 9.17) is 0 Å². The van der Waals surface area contributed by atoms with Gasteiger partial charge in [-0.1, -0.05) is 24.3 Å². The van der Waals surface area contributed by atoms with Crippen LogP contribution in [-0.2, 0) is 19.6 Å². The molecule has 0 aliphatic heterocycles. The van der Waals surface area contributed by atoms with Crippen LogP contribution in [-0.4, -0.2) is 31.4 Å². The molecule has 0 radical (unpaired) electrons. The molecule has 130 valence electrons. The fourth-order valence-corrected chi connectivity index (χ4v) is 2.66. The number of nitrogens with zero attached hydrogens (tertiary/aromatic N) is 4. The Bertz CT molecular complexity index is 782. The number of benzene rings is 1. The molecule has 1 aromatic carbocycles. The lowest BCUT2D eigenvalue weighted by atomic mass is 10.1. The fourth-order valence-electron chi connectivity index (χ4n) is 2.66. The lowest BCUT2D eigenvalue weighted by Crippen LogP contribution is -2.42. The first-order chi connectivity index (χ1) is 12.2. The van der Waals surface area contributed by atoms with Gasteiger partial charge in [-0.2, -0.15) is 5.10 Å². The summed E-state index contributed by atoms with van der Waals surface area (Å²) in [7, 11) is 0. The minimum atomic E-state index is -0.179. The van der Waals surface area contributed by atoms with E-state index in [1.54, 1.807) is 18.7 Å². The van der Waals surface area contributed by atoms with E-state index in [-0.39, 0.29) is 12.1 Å². The molecule has 3 rings (SSSR count). The quantitative estimate of drug-likeness (QED) is 0.692. The van der Waals surface area contributed by atoms with Crippen molar-refractivity contribution in [2.75, 3.05) is 0 Å². The van der Waals surface area contributed by atoms with E-state index in [0.717, 1.165) is 11.1 Å². The smallest absolute Gasteiger partial charge is 0.315 e. The predicted octanol–water partition coefficient (Wildman–Crippen LogP) is 2.02. The molecule has 2 heterocycles. The Hall–Kier alpha value is -3.09. The molecule has 0 aliphatic rings. The molecule has 7 heteroatoms. The van der Waals surface area contributed by atoms with Gasteiger partial charge in [0.25, 0.3) is 0 Å². The summed E-state index contributed by atoms with van der Waals surface area (Å²) in [5.41, 5.74) is 2.22. The number of imidazole rings is 1. The number of urea groups is 1. The first kappa shape index (κ1) is 16.8. The van der Waals surface area contributed by atoms with Crippen LogP contribution in [0.1, 0.15) is 18.1 Å². The van der Waals surface area contributed by atoms with Gasteiger partial charge in [0.05, 0.1) is 12.9 Å². The Morgan fingerprint density at radius 3 is 2.72 bits per heavy atom. The Morgan fingerprint density at radius 2 is 2.00 bits per heavy atom. The first-order valence-electron chi connectivity index (χ1n) is 8.25. The molecule has 2 N–H and O–H groups in total. The number of amides is 2. The molecule has 0 saturated carbocycles. The van der Waals surface area contributed by atoms with Gasteiger partial charge in [0.15, 0.2) is 0 Å². The van der Waals surface area contributed by atoms with Gasteiger partial charge in [-0.3, -0.25) is 4.68 Å². The van der Waals surface area contributed by atoms with Gasteiger partial charge in [-0.25, -0.2) is 9.78 Å². The molecule has 0 bridgehead atoms. The molecular formula is C18H22N6O. The number of rotatable bonds is 7. The maximum atomic E-state index is 12.1. The highest BCUT2D eigenvalue weighted by Gasteiger charge is 2.09. The summed E-state index contributed by atoms with van der Waals surface area (Å²) in [4.78, 5) is 16.1. The van der Waals surface area contributed by atoms with E-state index in [1.807, 2.05) is 52.8 Å². The zero-order chi connectivity index (χ0) is 17.5. The van der Waals surface area contributed by atoms with Gasteiger partial charge >= 0.3 is 6.03 Å². The van der Waals surface area contributed by atoms with Crippen molar-refractivity contribution in [3.63, 3.8) is 0 Å². The van der Waals surface area contributed by atoms with Gasteiger partial charge in [-0.15, -0.1) is 0 Å². The van der Waals surface area contributed by atoms with Crippen LogP contribution in [0.3, 0.4) is 0 Å². The third kappa shape index (κ3) is 4.94. The molecule has 0 aliphatic carbocycles. The van der Waals surface area contributed by atoms with E-state index < -0.39 is 0 Å². The second-order valence-electron chi connectivity index (χ2n) is 5.96. The normalized spacial score (nSPS) is 11.9. The van der Waals surface area contributed by atoms with Crippen molar-refractivity contribution in [3.05, 3.63) is 72.6 Å². The van der Waals surface area contributed by atoms with Crippen molar-refractivity contribution in [2.24, 2.45) is 0 Å². The number of carbonyl (C=O) groups excluding carboxylic acids is 1. The van der Waals surface area contributed by atoms with Crippen molar-refractivity contribution in [1.29, 1.82) is 0 Å². The van der Waals surface area contributed by atoms with E-state index in [1.165, 1.54) is 0 Å². The van der Waals surface area contributed by atoms with Gasteiger partial charge in [0.1, 0.15) is 0 Å². The van der Waals surface area contributed by atoms with Crippen LogP contribution in [0.15, 0.2) is 61.4 Å². The third-order valence-corrected chi connectivity index (χ3v) is 3.87. The highest BCUT2D eigenvalue weighted by Crippen LogP contribution is 2.10. The van der Waals surface area contributed by atoms with E-state index >= 15 is 0 Å². The molecule has 1 unspecified atom stereocenters. The topological polar surface area (TPSA) is 76.8 Å². The highest BCUT2D eigenvalue weighted by molar-refractivity contribution is 5.74. The van der Waals surface area contributed by atoms with Crippen molar-refractivity contribution in [3.8, 4) is 0 Å². The first-order valence-corrected chi connectivity index (χ1v) is 8.25. The van der Waals surface area contributed by atoms with Crippen LogP contribution in [0, 0.1) is 0 Å². The van der Waals surface area contributed by atoms with Crippen LogP contribution in [0.2, 0.25) is 0 Å². The summed E-state index contributed by atoms with van der Waals surface area (Å²) in [5, 5.41) is 10.1. The average Bonchev–Trinajstić information content (AvgIpc) is 3.28. The van der Waals surface area contributed by atoms with E-state index in [0.29, 0.717) is 19.6 Å². The Kier molecular flexibility index (Phi) is 5.46. The zero-order valence-corrected chi connectivity index (χ0v) is 14.2. The SMILES string of the molecule is CC(Cn1ccnc1)NC(=O)NCc1ccccc1Cn1cccn1. The lowest BCUT2D eigenvalue weighted by Gasteiger charge is -2.16. The minimum absolute atomic E-state index is 0.00789. The van der Waals surface area contributed by atoms with Gasteiger partial charge in [-0.05, 0) is 24.1 Å². The number of hydrogen-bond donors (Lipinski definition) is 2. The van der Waals surface area contributed by atoms with Crippen molar-refractivity contribution in [1.82, 2.24) is 30.0 Å². The highest BCUT2D eigenvalue weighted by atomic mass is 16.2. The molecule has 7 nitrogen and oxygen atoms in total. The summed E-state index contributed by atoms with van der Waals surface area (Å²) in [6, 6.07) is 9.77. The molecule has 25 heavy (non-hydrogen) atoms. The molecule has 0 saturated heterocycles. The van der Waals surface area contributed by atoms with Crippen LogP contribution in [0.5, 0.6) is 0 Å². The van der Waals surface area contributed by atoms with Gasteiger partial charge < -0.3 is 15.2 Å². The fraction of sp³-hybridized carbons (Fsp3) is 0.278. The number of carbonyl (C=O) groups is 1. The monoisotopic (exact) mass is 338 g/mol. The van der Waals surface area contributed by atoms with Crippen molar-refractivity contribution >= 4 is 6.03 Å². The molecular weight excluding hydrogens is 316 g/mol. The van der Waals surface area contributed by atoms with Crippen molar-refractivity contribution in [2.45, 2.75) is 32.6 Å². The van der Waals surface area contributed by atoms with Crippen LogP contribution in [0.25, 0.3) is 0 Å². The van der Waals surface area contributed by atoms with Gasteiger partial charge in [0, 0.05) is 43.9 Å². The number of hydrogen-bond acceptors (Lipinski definition) is 3. The minimum Gasteiger partial charge on any atom is -0.335 e. The molecule has 0 spiro atoms. The van der Waals surface area contributed by atoms with Crippen molar-refractivity contribution < 1.29 is 4.79 Å². The zero-order valence-electron chi connectivity index (χ0n) is 14.2. The molecule has 1 atom stereocenters. The number of nitrogens with one attached hydrogen (secondary N) is 2. The summed E-state index contributed by atoms with van der Waals surface area (Å²) in [5.74, 6) is 0. The Morgan fingerprint density at radius 1 is 1.16 bits per heavy atom. The average molecular weight is 338 g/mol. The molecule has 2 aromatic heterocycles. The third-order valence-electron chi connectivity index (χ3n) is 3.87.